The first-order valence-electron chi connectivity index (χ1n) is 13.2. The highest BCUT2D eigenvalue weighted by Gasteiger charge is 2.35. The molecule has 0 heterocycles. The summed E-state index contributed by atoms with van der Waals surface area (Å²) in [5.41, 5.74) is 2.54. The van der Waals surface area contributed by atoms with E-state index in [1.165, 1.54) is 17.0 Å². The van der Waals surface area contributed by atoms with E-state index in [2.05, 4.69) is 17.6 Å². The molecular formula is C30H43N3O5. The molecule has 0 fully saturated rings. The number of aryl methyl sites for hydroxylation is 2. The third-order valence-electron chi connectivity index (χ3n) is 6.24. The Morgan fingerprint density at radius 1 is 1.00 bits per heavy atom. The van der Waals surface area contributed by atoms with Crippen LogP contribution in [-0.4, -0.2) is 53.1 Å². The fraction of sp³-hybridized carbons (Fsp3) is 0.500. The van der Waals surface area contributed by atoms with E-state index in [0.717, 1.165) is 41.5 Å². The number of alkyl carbamates (subject to hydrolysis) is 1. The predicted octanol–water partition coefficient (Wildman–Crippen LogP) is 4.95. The molecule has 8 nitrogen and oxygen atoms in total. The molecule has 2 aromatic rings. The number of nitrogens with one attached hydrogen (secondary N) is 2. The van der Waals surface area contributed by atoms with E-state index >= 15 is 0 Å². The summed E-state index contributed by atoms with van der Waals surface area (Å²) in [6.45, 7) is 11.7. The van der Waals surface area contributed by atoms with Crippen molar-refractivity contribution in [2.75, 3.05) is 13.6 Å². The number of unbranched alkanes of at least 4 members (excludes halogenated alkanes) is 2. The molecular weight excluding hydrogens is 482 g/mol. The molecule has 0 bridgehead atoms. The van der Waals surface area contributed by atoms with Gasteiger partial charge < -0.3 is 25.4 Å². The number of benzene rings is 2. The van der Waals surface area contributed by atoms with Gasteiger partial charge in [-0.05, 0) is 75.4 Å². The minimum Gasteiger partial charge on any atom is -0.508 e. The van der Waals surface area contributed by atoms with Gasteiger partial charge in [0, 0.05) is 20.0 Å². The molecule has 3 N–H and O–H groups in total. The second-order valence-electron chi connectivity index (χ2n) is 10.7. The summed E-state index contributed by atoms with van der Waals surface area (Å²) in [5.74, 6) is -0.598. The molecule has 0 aliphatic carbocycles. The Bertz CT molecular complexity index is 1070. The number of hydrogen-bond acceptors (Lipinski definition) is 5. The molecule has 8 heteroatoms. The van der Waals surface area contributed by atoms with Crippen LogP contribution in [0.5, 0.6) is 5.75 Å². The van der Waals surface area contributed by atoms with Crippen molar-refractivity contribution in [1.29, 1.82) is 0 Å². The van der Waals surface area contributed by atoms with Crippen molar-refractivity contribution in [3.8, 4) is 5.75 Å². The van der Waals surface area contributed by atoms with Crippen molar-refractivity contribution >= 4 is 17.9 Å². The fourth-order valence-electron chi connectivity index (χ4n) is 4.33. The Kier molecular flexibility index (Phi) is 11.2. The van der Waals surface area contributed by atoms with Gasteiger partial charge in [-0.1, -0.05) is 50.1 Å². The molecule has 0 spiro atoms. The van der Waals surface area contributed by atoms with Crippen LogP contribution in [0.25, 0.3) is 0 Å². The number of nitrogens with zero attached hydrogens (tertiary/aromatic N) is 1. The Morgan fingerprint density at radius 2 is 1.61 bits per heavy atom. The maximum atomic E-state index is 14.0. The first-order chi connectivity index (χ1) is 17.8. The summed E-state index contributed by atoms with van der Waals surface area (Å²) in [6.07, 6.45) is 2.31. The number of rotatable bonds is 11. The van der Waals surface area contributed by atoms with E-state index in [4.69, 9.17) is 4.74 Å². The van der Waals surface area contributed by atoms with Crippen LogP contribution in [0.15, 0.2) is 42.5 Å². The van der Waals surface area contributed by atoms with Gasteiger partial charge in [-0.15, -0.1) is 0 Å². The van der Waals surface area contributed by atoms with Gasteiger partial charge in [-0.25, -0.2) is 4.79 Å². The summed E-state index contributed by atoms with van der Waals surface area (Å²) >= 11 is 0. The topological polar surface area (TPSA) is 108 Å². The molecule has 2 unspecified atom stereocenters. The van der Waals surface area contributed by atoms with E-state index < -0.39 is 29.7 Å². The molecule has 0 aliphatic heterocycles. The monoisotopic (exact) mass is 525 g/mol. The first-order valence-corrected chi connectivity index (χ1v) is 13.2. The molecule has 0 saturated carbocycles. The summed E-state index contributed by atoms with van der Waals surface area (Å²) in [5, 5.41) is 15.4. The van der Waals surface area contributed by atoms with Crippen LogP contribution >= 0.6 is 0 Å². The van der Waals surface area contributed by atoms with Gasteiger partial charge in [0.05, 0.1) is 0 Å². The lowest BCUT2D eigenvalue weighted by atomic mass is 9.93. The van der Waals surface area contributed by atoms with Crippen LogP contribution in [0, 0.1) is 13.8 Å². The highest BCUT2D eigenvalue weighted by molar-refractivity contribution is 5.92. The van der Waals surface area contributed by atoms with Crippen molar-refractivity contribution in [1.82, 2.24) is 15.5 Å². The summed E-state index contributed by atoms with van der Waals surface area (Å²) in [6, 6.07) is 10.3. The Morgan fingerprint density at radius 3 is 2.16 bits per heavy atom. The molecule has 38 heavy (non-hydrogen) atoms. The van der Waals surface area contributed by atoms with Gasteiger partial charge in [0.25, 0.3) is 0 Å². The SMILES string of the molecule is CCCCCNC(=O)C(c1c(C)cccc1C)N(C)C(=O)C(Cc1ccc(O)cc1)NC(=O)OC(C)(C)C. The molecule has 2 atom stereocenters. The lowest BCUT2D eigenvalue weighted by Gasteiger charge is -2.33. The Hall–Kier alpha value is -3.55. The van der Waals surface area contributed by atoms with E-state index in [0.29, 0.717) is 6.54 Å². The number of amides is 3. The van der Waals surface area contributed by atoms with Crippen molar-refractivity contribution in [3.63, 3.8) is 0 Å². The summed E-state index contributed by atoms with van der Waals surface area (Å²) in [7, 11) is 1.59. The maximum absolute atomic E-state index is 14.0. The third kappa shape index (κ3) is 9.08. The Balaban J connectivity index is 2.43. The predicted molar refractivity (Wildman–Crippen MR) is 149 cm³/mol. The van der Waals surface area contributed by atoms with E-state index in [-0.39, 0.29) is 18.1 Å². The molecule has 0 radical (unpaired) electrons. The van der Waals surface area contributed by atoms with Crippen molar-refractivity contribution < 1.29 is 24.2 Å². The number of carbonyl (C=O) groups is 3. The number of likely N-dealkylation sites (N-methyl/N-ethyl adjacent to an activating group) is 1. The smallest absolute Gasteiger partial charge is 0.408 e. The van der Waals surface area contributed by atoms with E-state index in [1.807, 2.05) is 32.0 Å². The second-order valence-corrected chi connectivity index (χ2v) is 10.7. The van der Waals surface area contributed by atoms with Crippen molar-refractivity contribution in [2.24, 2.45) is 0 Å². The highest BCUT2D eigenvalue weighted by atomic mass is 16.6. The zero-order valence-corrected chi connectivity index (χ0v) is 23.8. The average molecular weight is 526 g/mol. The van der Waals surface area contributed by atoms with Crippen LogP contribution in [0.3, 0.4) is 0 Å². The minimum absolute atomic E-state index is 0.101. The third-order valence-corrected chi connectivity index (χ3v) is 6.24. The summed E-state index contributed by atoms with van der Waals surface area (Å²) in [4.78, 5) is 41.6. The molecule has 208 valence electrons. The van der Waals surface area contributed by atoms with Gasteiger partial charge in [-0.3, -0.25) is 9.59 Å². The molecule has 0 saturated heterocycles. The highest BCUT2D eigenvalue weighted by Crippen LogP contribution is 2.28. The maximum Gasteiger partial charge on any atom is 0.408 e. The number of hydrogen-bond donors (Lipinski definition) is 3. The van der Waals surface area contributed by atoms with Gasteiger partial charge in [0.1, 0.15) is 23.4 Å². The van der Waals surface area contributed by atoms with Crippen LogP contribution in [0.2, 0.25) is 0 Å². The largest absolute Gasteiger partial charge is 0.508 e. The number of ether oxygens (including phenoxy) is 1. The number of aromatic hydroxyl groups is 1. The van der Waals surface area contributed by atoms with Crippen molar-refractivity contribution in [2.45, 2.75) is 84.9 Å². The first kappa shape index (κ1) is 30.7. The van der Waals surface area contributed by atoms with Crippen LogP contribution in [0.4, 0.5) is 4.79 Å². The zero-order valence-electron chi connectivity index (χ0n) is 23.8. The lowest BCUT2D eigenvalue weighted by Crippen LogP contribution is -2.52. The molecule has 0 aromatic heterocycles. The number of phenolic OH excluding ortho intramolecular Hbond substituents is 1. The van der Waals surface area contributed by atoms with Gasteiger partial charge >= 0.3 is 6.09 Å². The second kappa shape index (κ2) is 13.8. The average Bonchev–Trinajstić information content (AvgIpc) is 2.83. The van der Waals surface area contributed by atoms with Crippen LogP contribution < -0.4 is 10.6 Å². The minimum atomic E-state index is -1.00. The van der Waals surface area contributed by atoms with Gasteiger partial charge in [0.15, 0.2) is 0 Å². The number of phenols is 1. The van der Waals surface area contributed by atoms with Crippen LogP contribution in [0.1, 0.15) is 75.3 Å². The molecule has 2 rings (SSSR count). The quantitative estimate of drug-likeness (QED) is 0.360. The standard InChI is InChI=1S/C30H43N3O5/c1-8-9-10-18-31-27(35)26(25-20(2)12-11-13-21(25)3)33(7)28(36)24(32-29(37)38-30(4,5)6)19-22-14-16-23(34)17-15-22/h11-17,24,26,34H,8-10,18-19H2,1-7H3,(H,31,35)(H,32,37). The van der Waals surface area contributed by atoms with E-state index in [9.17, 15) is 19.5 Å². The Labute approximate surface area is 226 Å². The van der Waals surface area contributed by atoms with Gasteiger partial charge in [-0.2, -0.15) is 0 Å². The van der Waals surface area contributed by atoms with Crippen molar-refractivity contribution in [3.05, 3.63) is 64.7 Å². The fourth-order valence-corrected chi connectivity index (χ4v) is 4.33. The summed E-state index contributed by atoms with van der Waals surface area (Å²) < 4.78 is 5.42. The molecule has 3 amide bonds. The van der Waals surface area contributed by atoms with E-state index in [1.54, 1.807) is 40.0 Å². The lowest BCUT2D eigenvalue weighted by molar-refractivity contribution is -0.140. The number of carbonyl (C=O) groups excluding carboxylic acids is 3. The normalized spacial score (nSPS) is 12.8. The zero-order chi connectivity index (χ0) is 28.5. The van der Waals surface area contributed by atoms with Crippen LogP contribution in [-0.2, 0) is 20.7 Å². The molecule has 2 aromatic carbocycles. The molecule has 0 aliphatic rings. The van der Waals surface area contributed by atoms with Gasteiger partial charge in [0.2, 0.25) is 11.8 Å².